The molecule has 2 aromatic rings. The third kappa shape index (κ3) is 6.71. The summed E-state index contributed by atoms with van der Waals surface area (Å²) in [5.41, 5.74) is 7.08. The van der Waals surface area contributed by atoms with E-state index in [1.165, 1.54) is 0 Å². The van der Waals surface area contributed by atoms with Crippen molar-refractivity contribution in [3.8, 4) is 5.75 Å². The number of nitrogens with two attached hydrogens (primary N) is 1. The number of benzene rings is 2. The molecule has 0 aliphatic carbocycles. The van der Waals surface area contributed by atoms with Crippen molar-refractivity contribution < 1.29 is 14.7 Å². The van der Waals surface area contributed by atoms with E-state index in [0.717, 1.165) is 5.56 Å². The van der Waals surface area contributed by atoms with Crippen LogP contribution in [-0.4, -0.2) is 36.5 Å². The molecule has 4 N–H and O–H groups in total. The summed E-state index contributed by atoms with van der Waals surface area (Å²) in [6.45, 7) is 1.27. The molecule has 0 aromatic heterocycles. The molecular weight excluding hydrogens is 401 g/mol. The van der Waals surface area contributed by atoms with E-state index in [1.54, 1.807) is 12.1 Å². The highest BCUT2D eigenvalue weighted by Gasteiger charge is 2.18. The summed E-state index contributed by atoms with van der Waals surface area (Å²) in [5.74, 6) is -0.0693. The van der Waals surface area contributed by atoms with Crippen LogP contribution in [0.1, 0.15) is 17.5 Å². The number of nitrogens with zero attached hydrogens (tertiary/aromatic N) is 1. The normalized spacial score (nSPS) is 11.3. The zero-order chi connectivity index (χ0) is 20.4. The molecule has 0 fully saturated rings. The van der Waals surface area contributed by atoms with Gasteiger partial charge in [-0.25, -0.2) is 0 Å². The van der Waals surface area contributed by atoms with Crippen LogP contribution in [0.4, 0.5) is 0 Å². The van der Waals surface area contributed by atoms with Crippen LogP contribution in [0.25, 0.3) is 0 Å². The number of amides is 1. The second kappa shape index (κ2) is 11.5. The van der Waals surface area contributed by atoms with Gasteiger partial charge in [0.05, 0.1) is 11.6 Å². The molecule has 0 saturated carbocycles. The van der Waals surface area contributed by atoms with Gasteiger partial charge in [-0.05, 0) is 37.1 Å². The summed E-state index contributed by atoms with van der Waals surface area (Å²) in [4.78, 5) is 12.4. The lowest BCUT2D eigenvalue weighted by Crippen LogP contribution is -2.33. The van der Waals surface area contributed by atoms with Gasteiger partial charge in [0, 0.05) is 23.6 Å². The molecule has 6 nitrogen and oxygen atoms in total. The maximum atomic E-state index is 12.4. The third-order valence-electron chi connectivity index (χ3n) is 3.96. The SMILES string of the molecule is NCCCOc1c(Cl)cc(Cl)cc1C/C(=N/O)C(=O)NCCc1ccccc1. The van der Waals surface area contributed by atoms with Gasteiger partial charge in [0.15, 0.2) is 0 Å². The minimum absolute atomic E-state index is 0.0198. The fourth-order valence-electron chi connectivity index (χ4n) is 2.57. The Labute approximate surface area is 174 Å². The molecule has 0 atom stereocenters. The molecule has 0 saturated heterocycles. The first-order valence-corrected chi connectivity index (χ1v) is 9.64. The van der Waals surface area contributed by atoms with Gasteiger partial charge in [0.2, 0.25) is 0 Å². The lowest BCUT2D eigenvalue weighted by atomic mass is 10.1. The topological polar surface area (TPSA) is 96.9 Å². The maximum absolute atomic E-state index is 12.4. The van der Waals surface area contributed by atoms with Gasteiger partial charge >= 0.3 is 0 Å². The van der Waals surface area contributed by atoms with Crippen molar-refractivity contribution in [2.24, 2.45) is 10.9 Å². The molecule has 1 amide bonds. The Morgan fingerprint density at radius 3 is 2.64 bits per heavy atom. The van der Waals surface area contributed by atoms with Gasteiger partial charge in [-0.1, -0.05) is 58.7 Å². The van der Waals surface area contributed by atoms with E-state index in [0.29, 0.717) is 53.9 Å². The highest BCUT2D eigenvalue weighted by Crippen LogP contribution is 2.33. The summed E-state index contributed by atoms with van der Waals surface area (Å²) in [7, 11) is 0. The Morgan fingerprint density at radius 1 is 1.21 bits per heavy atom. The second-order valence-electron chi connectivity index (χ2n) is 6.08. The molecule has 2 rings (SSSR count). The van der Waals surface area contributed by atoms with E-state index in [1.807, 2.05) is 30.3 Å². The van der Waals surface area contributed by atoms with Crippen molar-refractivity contribution >= 4 is 34.8 Å². The zero-order valence-electron chi connectivity index (χ0n) is 15.3. The highest BCUT2D eigenvalue weighted by atomic mass is 35.5. The predicted molar refractivity (Wildman–Crippen MR) is 112 cm³/mol. The van der Waals surface area contributed by atoms with E-state index >= 15 is 0 Å². The van der Waals surface area contributed by atoms with Crippen molar-refractivity contribution in [3.05, 3.63) is 63.6 Å². The van der Waals surface area contributed by atoms with Gasteiger partial charge in [-0.15, -0.1) is 0 Å². The summed E-state index contributed by atoms with van der Waals surface area (Å²) in [6.07, 6.45) is 1.34. The van der Waals surface area contributed by atoms with E-state index < -0.39 is 5.91 Å². The molecule has 0 radical (unpaired) electrons. The van der Waals surface area contributed by atoms with Crippen LogP contribution < -0.4 is 15.8 Å². The number of ether oxygens (including phenoxy) is 1. The summed E-state index contributed by atoms with van der Waals surface area (Å²) >= 11 is 12.3. The van der Waals surface area contributed by atoms with Crippen LogP contribution >= 0.6 is 23.2 Å². The number of oxime groups is 1. The minimum atomic E-state index is -0.470. The van der Waals surface area contributed by atoms with Gasteiger partial charge in [0.25, 0.3) is 5.91 Å². The molecule has 150 valence electrons. The smallest absolute Gasteiger partial charge is 0.269 e. The largest absolute Gasteiger partial charge is 0.492 e. The number of nitrogens with one attached hydrogen (secondary N) is 1. The number of hydrogen-bond acceptors (Lipinski definition) is 5. The van der Waals surface area contributed by atoms with Gasteiger partial charge < -0.3 is 21.0 Å². The first-order valence-electron chi connectivity index (χ1n) is 8.89. The number of hydrogen-bond donors (Lipinski definition) is 3. The molecule has 28 heavy (non-hydrogen) atoms. The van der Waals surface area contributed by atoms with Crippen LogP contribution in [0.2, 0.25) is 10.0 Å². The van der Waals surface area contributed by atoms with Crippen molar-refractivity contribution in [3.63, 3.8) is 0 Å². The van der Waals surface area contributed by atoms with Crippen LogP contribution in [-0.2, 0) is 17.6 Å². The molecule has 8 heteroatoms. The molecule has 0 unspecified atom stereocenters. The van der Waals surface area contributed by atoms with E-state index in [4.69, 9.17) is 33.7 Å². The van der Waals surface area contributed by atoms with Crippen LogP contribution in [0.3, 0.4) is 0 Å². The average molecular weight is 424 g/mol. The van der Waals surface area contributed by atoms with E-state index in [2.05, 4.69) is 10.5 Å². The van der Waals surface area contributed by atoms with Crippen LogP contribution in [0.15, 0.2) is 47.6 Å². The Hall–Kier alpha value is -2.28. The minimum Gasteiger partial charge on any atom is -0.492 e. The van der Waals surface area contributed by atoms with Crippen molar-refractivity contribution in [1.82, 2.24) is 5.32 Å². The number of carbonyl (C=O) groups excluding carboxylic acids is 1. The van der Waals surface area contributed by atoms with E-state index in [9.17, 15) is 10.0 Å². The standard InChI is InChI=1S/C20H23Cl2N3O3/c21-16-11-15(19(17(22)13-16)28-10-4-8-23)12-18(25-27)20(26)24-9-7-14-5-2-1-3-6-14/h1-3,5-6,11,13,27H,4,7-10,12,23H2,(H,24,26)/b25-18-. The monoisotopic (exact) mass is 423 g/mol. The van der Waals surface area contributed by atoms with Gasteiger partial charge in [-0.3, -0.25) is 4.79 Å². The number of rotatable bonds is 10. The molecule has 0 spiro atoms. The van der Waals surface area contributed by atoms with Gasteiger partial charge in [-0.2, -0.15) is 0 Å². The molecule has 2 aromatic carbocycles. The number of carbonyl (C=O) groups is 1. The van der Waals surface area contributed by atoms with Crippen molar-refractivity contribution in [2.45, 2.75) is 19.3 Å². The molecule has 0 heterocycles. The maximum Gasteiger partial charge on any atom is 0.269 e. The van der Waals surface area contributed by atoms with E-state index in [-0.39, 0.29) is 12.1 Å². The number of halogens is 2. The summed E-state index contributed by atoms with van der Waals surface area (Å²) in [6, 6.07) is 13.0. The van der Waals surface area contributed by atoms with Crippen molar-refractivity contribution in [2.75, 3.05) is 19.7 Å². The quantitative estimate of drug-likeness (QED) is 0.236. The summed E-state index contributed by atoms with van der Waals surface area (Å²) < 4.78 is 5.69. The lowest BCUT2D eigenvalue weighted by molar-refractivity contribution is -0.115. The van der Waals surface area contributed by atoms with Gasteiger partial charge in [0.1, 0.15) is 11.5 Å². The Kier molecular flexibility index (Phi) is 9.07. The molecule has 0 aliphatic heterocycles. The van der Waals surface area contributed by atoms with Crippen molar-refractivity contribution in [1.29, 1.82) is 0 Å². The Balaban J connectivity index is 2.03. The average Bonchev–Trinajstić information content (AvgIpc) is 2.68. The fraction of sp³-hybridized carbons (Fsp3) is 0.300. The molecule has 0 bridgehead atoms. The molecular formula is C20H23Cl2N3O3. The third-order valence-corrected chi connectivity index (χ3v) is 4.46. The lowest BCUT2D eigenvalue weighted by Gasteiger charge is -2.14. The van der Waals surface area contributed by atoms with Crippen LogP contribution in [0.5, 0.6) is 5.75 Å². The Morgan fingerprint density at radius 2 is 1.96 bits per heavy atom. The zero-order valence-corrected chi connectivity index (χ0v) is 16.8. The van der Waals surface area contributed by atoms with Crippen LogP contribution in [0, 0.1) is 0 Å². The summed E-state index contributed by atoms with van der Waals surface area (Å²) in [5, 5.41) is 15.9. The first kappa shape index (κ1) is 22.0. The predicted octanol–water partition coefficient (Wildman–Crippen LogP) is 3.45. The Bertz CT molecular complexity index is 814. The fourth-order valence-corrected chi connectivity index (χ4v) is 3.16. The second-order valence-corrected chi connectivity index (χ2v) is 6.93. The first-order chi connectivity index (χ1) is 13.5. The highest BCUT2D eigenvalue weighted by molar-refractivity contribution is 6.39. The molecule has 0 aliphatic rings.